The van der Waals surface area contributed by atoms with Gasteiger partial charge in [0.15, 0.2) is 0 Å². The largest absolute Gasteiger partial charge is 0.351 e. The molecule has 0 aliphatic heterocycles. The van der Waals surface area contributed by atoms with Gasteiger partial charge in [0.05, 0.1) is 10.5 Å². The number of rotatable bonds is 7. The maximum Gasteiger partial charge on any atom is 0.254 e. The van der Waals surface area contributed by atoms with E-state index < -0.39 is 33.5 Å². The quantitative estimate of drug-likeness (QED) is 0.728. The summed E-state index contributed by atoms with van der Waals surface area (Å²) in [6.45, 7) is -0.0609. The molecule has 28 heavy (non-hydrogen) atoms. The van der Waals surface area contributed by atoms with Crippen LogP contribution in [0.5, 0.6) is 0 Å². The van der Waals surface area contributed by atoms with E-state index in [2.05, 4.69) is 10.6 Å². The van der Waals surface area contributed by atoms with Crippen molar-refractivity contribution in [1.29, 1.82) is 0 Å². The average Bonchev–Trinajstić information content (AvgIpc) is 2.61. The van der Waals surface area contributed by atoms with Crippen molar-refractivity contribution in [1.82, 2.24) is 9.62 Å². The predicted octanol–water partition coefficient (Wildman–Crippen LogP) is 1.97. The zero-order chi connectivity index (χ0) is 20.9. The summed E-state index contributed by atoms with van der Waals surface area (Å²) in [5, 5.41) is 4.93. The lowest BCUT2D eigenvalue weighted by Gasteiger charge is -2.12. The second-order valence-electron chi connectivity index (χ2n) is 5.99. The molecular weight excluding hydrogens is 392 g/mol. The molecule has 10 heteroatoms. The van der Waals surface area contributed by atoms with Gasteiger partial charge in [0.25, 0.3) is 5.91 Å². The highest BCUT2D eigenvalue weighted by molar-refractivity contribution is 7.89. The van der Waals surface area contributed by atoms with Gasteiger partial charge in [-0.1, -0.05) is 0 Å². The van der Waals surface area contributed by atoms with Gasteiger partial charge in [-0.3, -0.25) is 9.59 Å². The van der Waals surface area contributed by atoms with Crippen LogP contribution in [-0.4, -0.2) is 45.2 Å². The number of anilines is 1. The fraction of sp³-hybridized carbons (Fsp3) is 0.222. The molecular formula is C18H19F2N3O4S. The van der Waals surface area contributed by atoms with Gasteiger partial charge in [-0.05, 0) is 36.4 Å². The van der Waals surface area contributed by atoms with E-state index in [4.69, 9.17) is 0 Å². The van der Waals surface area contributed by atoms with Crippen molar-refractivity contribution in [2.75, 3.05) is 26.0 Å². The summed E-state index contributed by atoms with van der Waals surface area (Å²) in [5.41, 5.74) is 0.0677. The van der Waals surface area contributed by atoms with Crippen molar-refractivity contribution in [2.45, 2.75) is 11.3 Å². The molecule has 0 atom stereocenters. The van der Waals surface area contributed by atoms with Crippen LogP contribution in [0.25, 0.3) is 0 Å². The minimum Gasteiger partial charge on any atom is -0.351 e. The highest BCUT2D eigenvalue weighted by Gasteiger charge is 2.17. The van der Waals surface area contributed by atoms with E-state index in [0.29, 0.717) is 11.8 Å². The van der Waals surface area contributed by atoms with Crippen molar-refractivity contribution in [2.24, 2.45) is 0 Å². The number of amides is 2. The van der Waals surface area contributed by atoms with Crippen molar-refractivity contribution >= 4 is 27.5 Å². The molecule has 2 aromatic carbocycles. The topological polar surface area (TPSA) is 95.6 Å². The summed E-state index contributed by atoms with van der Waals surface area (Å²) in [4.78, 5) is 23.8. The van der Waals surface area contributed by atoms with Gasteiger partial charge in [-0.25, -0.2) is 21.5 Å². The third kappa shape index (κ3) is 5.33. The van der Waals surface area contributed by atoms with Crippen LogP contribution in [0.4, 0.5) is 14.5 Å². The van der Waals surface area contributed by atoms with Crippen LogP contribution < -0.4 is 10.6 Å². The zero-order valence-corrected chi connectivity index (χ0v) is 16.0. The van der Waals surface area contributed by atoms with Crippen LogP contribution in [0.2, 0.25) is 0 Å². The van der Waals surface area contributed by atoms with Crippen molar-refractivity contribution < 1.29 is 26.8 Å². The summed E-state index contributed by atoms with van der Waals surface area (Å²) in [5.74, 6) is -2.97. The zero-order valence-electron chi connectivity index (χ0n) is 15.2. The van der Waals surface area contributed by atoms with Gasteiger partial charge in [0, 0.05) is 38.8 Å². The number of hydrogen-bond acceptors (Lipinski definition) is 4. The lowest BCUT2D eigenvalue weighted by molar-refractivity contribution is -0.116. The van der Waals surface area contributed by atoms with E-state index in [1.807, 2.05) is 0 Å². The molecule has 150 valence electrons. The second kappa shape index (κ2) is 8.89. The van der Waals surface area contributed by atoms with E-state index in [-0.39, 0.29) is 23.4 Å². The van der Waals surface area contributed by atoms with Gasteiger partial charge in [0.1, 0.15) is 11.6 Å². The predicted molar refractivity (Wildman–Crippen MR) is 99.3 cm³/mol. The third-order valence-electron chi connectivity index (χ3n) is 3.73. The fourth-order valence-electron chi connectivity index (χ4n) is 2.20. The SMILES string of the molecule is CN(C)S(=O)(=O)c1ccc(NC(=O)CCNC(=O)c2ccc(F)cc2F)cc1. The van der Waals surface area contributed by atoms with Crippen LogP contribution in [0.15, 0.2) is 47.4 Å². The lowest BCUT2D eigenvalue weighted by Crippen LogP contribution is -2.28. The Morgan fingerprint density at radius 2 is 1.68 bits per heavy atom. The summed E-state index contributed by atoms with van der Waals surface area (Å²) in [7, 11) is -0.732. The lowest BCUT2D eigenvalue weighted by atomic mass is 10.2. The molecule has 0 bridgehead atoms. The van der Waals surface area contributed by atoms with Crippen LogP contribution in [0, 0.1) is 11.6 Å². The summed E-state index contributed by atoms with van der Waals surface area (Å²) < 4.78 is 51.4. The Morgan fingerprint density at radius 3 is 2.25 bits per heavy atom. The van der Waals surface area contributed by atoms with Crippen LogP contribution in [0.1, 0.15) is 16.8 Å². The molecule has 2 N–H and O–H groups in total. The Kier molecular flexibility index (Phi) is 6.81. The molecule has 0 aromatic heterocycles. The normalized spacial score (nSPS) is 11.3. The summed E-state index contributed by atoms with van der Waals surface area (Å²) in [6, 6.07) is 8.20. The van der Waals surface area contributed by atoms with Gasteiger partial charge >= 0.3 is 0 Å². The molecule has 0 saturated carbocycles. The summed E-state index contributed by atoms with van der Waals surface area (Å²) in [6.07, 6.45) is -0.0910. The number of carbonyl (C=O) groups excluding carboxylic acids is 2. The van der Waals surface area contributed by atoms with Crippen molar-refractivity contribution in [3.05, 3.63) is 59.7 Å². The first-order chi connectivity index (χ1) is 13.1. The van der Waals surface area contributed by atoms with E-state index in [0.717, 1.165) is 16.4 Å². The minimum atomic E-state index is -3.56. The van der Waals surface area contributed by atoms with Gasteiger partial charge < -0.3 is 10.6 Å². The Labute approximate surface area is 161 Å². The molecule has 0 aliphatic rings. The van der Waals surface area contributed by atoms with Crippen LogP contribution in [-0.2, 0) is 14.8 Å². The van der Waals surface area contributed by atoms with Crippen LogP contribution >= 0.6 is 0 Å². The third-order valence-corrected chi connectivity index (χ3v) is 5.56. The molecule has 0 aliphatic carbocycles. The molecule has 0 saturated heterocycles. The maximum atomic E-state index is 13.5. The first-order valence-electron chi connectivity index (χ1n) is 8.17. The molecule has 2 rings (SSSR count). The Bertz CT molecular complexity index is 977. The second-order valence-corrected chi connectivity index (χ2v) is 8.14. The standard InChI is InChI=1S/C18H19F2N3O4S/c1-23(2)28(26,27)14-6-4-13(5-7-14)22-17(24)9-10-21-18(25)15-8-3-12(19)11-16(15)20/h3-8,11H,9-10H2,1-2H3,(H,21,25)(H,22,24). The number of sulfonamides is 1. The Balaban J connectivity index is 1.86. The Morgan fingerprint density at radius 1 is 1.04 bits per heavy atom. The number of carbonyl (C=O) groups is 2. The molecule has 0 fully saturated rings. The monoisotopic (exact) mass is 411 g/mol. The van der Waals surface area contributed by atoms with E-state index in [1.165, 1.54) is 38.4 Å². The number of halogens is 2. The van der Waals surface area contributed by atoms with Gasteiger partial charge in [0.2, 0.25) is 15.9 Å². The molecule has 0 radical (unpaired) electrons. The van der Waals surface area contributed by atoms with Crippen LogP contribution in [0.3, 0.4) is 0 Å². The van der Waals surface area contributed by atoms with Crippen molar-refractivity contribution in [3.8, 4) is 0 Å². The van der Waals surface area contributed by atoms with Crippen molar-refractivity contribution in [3.63, 3.8) is 0 Å². The highest BCUT2D eigenvalue weighted by atomic mass is 32.2. The molecule has 2 amide bonds. The fourth-order valence-corrected chi connectivity index (χ4v) is 3.10. The molecule has 0 unspecified atom stereocenters. The first kappa shape index (κ1) is 21.5. The minimum absolute atomic E-state index is 0.0609. The Hall–Kier alpha value is -2.85. The average molecular weight is 411 g/mol. The highest BCUT2D eigenvalue weighted by Crippen LogP contribution is 2.16. The first-order valence-corrected chi connectivity index (χ1v) is 9.61. The number of nitrogens with zero attached hydrogens (tertiary/aromatic N) is 1. The molecule has 7 nitrogen and oxygen atoms in total. The van der Waals surface area contributed by atoms with Gasteiger partial charge in [-0.2, -0.15) is 0 Å². The smallest absolute Gasteiger partial charge is 0.254 e. The molecule has 0 heterocycles. The van der Waals surface area contributed by atoms with E-state index in [9.17, 15) is 26.8 Å². The number of nitrogens with one attached hydrogen (secondary N) is 2. The van der Waals surface area contributed by atoms with Gasteiger partial charge in [-0.15, -0.1) is 0 Å². The number of benzene rings is 2. The number of hydrogen-bond donors (Lipinski definition) is 2. The molecule has 0 spiro atoms. The van der Waals surface area contributed by atoms with E-state index in [1.54, 1.807) is 0 Å². The van der Waals surface area contributed by atoms with E-state index >= 15 is 0 Å². The summed E-state index contributed by atoms with van der Waals surface area (Å²) >= 11 is 0. The maximum absolute atomic E-state index is 13.5. The molecule has 2 aromatic rings.